The van der Waals surface area contributed by atoms with E-state index in [9.17, 15) is 5.26 Å². The van der Waals surface area contributed by atoms with Gasteiger partial charge in [0, 0.05) is 42.7 Å². The fourth-order valence-corrected chi connectivity index (χ4v) is 3.38. The Hall–Kier alpha value is -2.88. The molecule has 7 nitrogen and oxygen atoms in total. The number of H-pyrrole nitrogens is 1. The van der Waals surface area contributed by atoms with E-state index in [1.807, 2.05) is 26.2 Å². The summed E-state index contributed by atoms with van der Waals surface area (Å²) in [6.07, 6.45) is 1.86. The molecule has 0 saturated carbocycles. The number of hydrogen-bond donors (Lipinski definition) is 1. The third kappa shape index (κ3) is 1.99. The molecule has 0 fully saturated rings. The van der Waals surface area contributed by atoms with Crippen molar-refractivity contribution in [3.05, 3.63) is 34.8 Å². The van der Waals surface area contributed by atoms with Gasteiger partial charge in [0.1, 0.15) is 11.9 Å². The van der Waals surface area contributed by atoms with Gasteiger partial charge in [-0.2, -0.15) is 15.5 Å². The van der Waals surface area contributed by atoms with Crippen LogP contribution in [0.15, 0.2) is 12.3 Å². The van der Waals surface area contributed by atoms with Crippen molar-refractivity contribution in [1.82, 2.24) is 25.0 Å². The van der Waals surface area contributed by atoms with Crippen LogP contribution >= 0.6 is 0 Å². The second kappa shape index (κ2) is 4.81. The maximum absolute atomic E-state index is 9.57. The Morgan fingerprint density at radius 3 is 3.04 bits per heavy atom. The van der Waals surface area contributed by atoms with Gasteiger partial charge in [-0.3, -0.25) is 9.78 Å². The van der Waals surface area contributed by atoms with E-state index in [0.29, 0.717) is 18.0 Å². The number of nitriles is 1. The number of aromatic nitrogens is 5. The van der Waals surface area contributed by atoms with E-state index in [0.717, 1.165) is 34.7 Å². The Bertz CT molecular complexity index is 943. The molecule has 0 aliphatic carbocycles. The Balaban J connectivity index is 1.86. The number of aryl methyl sites for hydroxylation is 2. The lowest BCUT2D eigenvalue weighted by Gasteiger charge is -2.32. The van der Waals surface area contributed by atoms with Crippen LogP contribution in [0, 0.1) is 18.3 Å². The van der Waals surface area contributed by atoms with Crippen LogP contribution in [-0.2, 0) is 13.6 Å². The summed E-state index contributed by atoms with van der Waals surface area (Å²) in [4.78, 5) is 6.91. The van der Waals surface area contributed by atoms with Gasteiger partial charge < -0.3 is 4.90 Å². The number of rotatable bonds is 1. The number of pyridine rings is 1. The highest BCUT2D eigenvalue weighted by molar-refractivity contribution is 5.83. The number of anilines is 1. The van der Waals surface area contributed by atoms with Crippen molar-refractivity contribution < 1.29 is 0 Å². The van der Waals surface area contributed by atoms with Crippen LogP contribution in [-0.4, -0.2) is 31.5 Å². The van der Waals surface area contributed by atoms with Gasteiger partial charge >= 0.3 is 0 Å². The third-order valence-corrected chi connectivity index (χ3v) is 4.50. The summed E-state index contributed by atoms with van der Waals surface area (Å²) < 4.78 is 1.77. The second-order valence-corrected chi connectivity index (χ2v) is 6.14. The lowest BCUT2D eigenvalue weighted by Crippen LogP contribution is -2.33. The molecule has 1 N–H and O–H groups in total. The summed E-state index contributed by atoms with van der Waals surface area (Å²) in [6.45, 7) is 5.60. The normalized spacial score (nSPS) is 17.3. The van der Waals surface area contributed by atoms with Crippen LogP contribution in [0.4, 0.5) is 5.82 Å². The first kappa shape index (κ1) is 13.8. The molecule has 1 aliphatic rings. The van der Waals surface area contributed by atoms with Gasteiger partial charge in [-0.25, -0.2) is 4.98 Å². The minimum Gasteiger partial charge on any atom is -0.350 e. The highest BCUT2D eigenvalue weighted by atomic mass is 15.3. The number of hydrogen-bond acceptors (Lipinski definition) is 5. The SMILES string of the molecule is Cc1nn(C)c2nc(N3Cc4cn[nH]c4C(C)C3)c(C#N)cc12. The van der Waals surface area contributed by atoms with E-state index in [1.54, 1.807) is 4.68 Å². The molecule has 4 heterocycles. The topological polar surface area (TPSA) is 86.4 Å². The number of nitrogens with zero attached hydrogens (tertiary/aromatic N) is 6. The molecular formula is C16H17N7. The highest BCUT2D eigenvalue weighted by Gasteiger charge is 2.27. The molecular weight excluding hydrogens is 290 g/mol. The van der Waals surface area contributed by atoms with Gasteiger partial charge in [-0.05, 0) is 13.0 Å². The van der Waals surface area contributed by atoms with Crippen LogP contribution in [0.25, 0.3) is 11.0 Å². The fourth-order valence-electron chi connectivity index (χ4n) is 3.38. The van der Waals surface area contributed by atoms with Gasteiger partial charge in [-0.15, -0.1) is 0 Å². The molecule has 7 heteroatoms. The highest BCUT2D eigenvalue weighted by Crippen LogP contribution is 2.32. The Kier molecular flexibility index (Phi) is 2.88. The monoisotopic (exact) mass is 307 g/mol. The molecule has 0 amide bonds. The van der Waals surface area contributed by atoms with Crippen LogP contribution in [0.5, 0.6) is 0 Å². The van der Waals surface area contributed by atoms with Crippen LogP contribution < -0.4 is 4.90 Å². The fraction of sp³-hybridized carbons (Fsp3) is 0.375. The summed E-state index contributed by atoms with van der Waals surface area (Å²) in [5, 5.41) is 22.1. The number of nitrogens with one attached hydrogen (secondary N) is 1. The average molecular weight is 307 g/mol. The zero-order valence-electron chi connectivity index (χ0n) is 13.3. The smallest absolute Gasteiger partial charge is 0.160 e. The molecule has 0 bridgehead atoms. The predicted octanol–water partition coefficient (Wildman–Crippen LogP) is 2.00. The van der Waals surface area contributed by atoms with E-state index in [2.05, 4.69) is 33.2 Å². The van der Waals surface area contributed by atoms with E-state index >= 15 is 0 Å². The standard InChI is InChI=1S/C16H17N7/c1-9-7-23(8-12-6-18-20-14(9)12)15-11(5-17)4-13-10(2)21-22(3)16(13)19-15/h4,6,9H,7-8H2,1-3H3,(H,18,20). The molecule has 1 atom stereocenters. The van der Waals surface area contributed by atoms with Gasteiger partial charge in [0.2, 0.25) is 0 Å². The molecule has 23 heavy (non-hydrogen) atoms. The maximum atomic E-state index is 9.57. The predicted molar refractivity (Wildman–Crippen MR) is 86.0 cm³/mol. The Morgan fingerprint density at radius 1 is 1.43 bits per heavy atom. The zero-order valence-corrected chi connectivity index (χ0v) is 13.3. The molecule has 0 saturated heterocycles. The Labute approximate surface area is 133 Å². The van der Waals surface area contributed by atoms with Crippen molar-refractivity contribution in [3.8, 4) is 6.07 Å². The molecule has 1 aliphatic heterocycles. The average Bonchev–Trinajstić information content (AvgIpc) is 3.11. The van der Waals surface area contributed by atoms with Crippen molar-refractivity contribution >= 4 is 16.9 Å². The molecule has 116 valence electrons. The second-order valence-electron chi connectivity index (χ2n) is 6.14. The van der Waals surface area contributed by atoms with Gasteiger partial charge in [0.25, 0.3) is 0 Å². The summed E-state index contributed by atoms with van der Waals surface area (Å²) in [5.41, 5.74) is 4.63. The van der Waals surface area contributed by atoms with Gasteiger partial charge in [0.15, 0.2) is 5.65 Å². The van der Waals surface area contributed by atoms with Crippen LogP contribution in [0.1, 0.15) is 35.4 Å². The minimum absolute atomic E-state index is 0.318. The van der Waals surface area contributed by atoms with E-state index < -0.39 is 0 Å². The van der Waals surface area contributed by atoms with E-state index in [-0.39, 0.29) is 0 Å². The van der Waals surface area contributed by atoms with Gasteiger partial charge in [-0.1, -0.05) is 6.92 Å². The van der Waals surface area contributed by atoms with E-state index in [4.69, 9.17) is 4.98 Å². The summed E-state index contributed by atoms with van der Waals surface area (Å²) in [5.74, 6) is 1.04. The van der Waals surface area contributed by atoms with Crippen molar-refractivity contribution in [1.29, 1.82) is 5.26 Å². The maximum Gasteiger partial charge on any atom is 0.160 e. The number of aromatic amines is 1. The zero-order chi connectivity index (χ0) is 16.1. The van der Waals surface area contributed by atoms with Crippen LogP contribution in [0.2, 0.25) is 0 Å². The molecule has 0 spiro atoms. The third-order valence-electron chi connectivity index (χ3n) is 4.50. The Morgan fingerprint density at radius 2 is 2.26 bits per heavy atom. The van der Waals surface area contributed by atoms with E-state index in [1.165, 1.54) is 5.69 Å². The molecule has 1 unspecified atom stereocenters. The summed E-state index contributed by atoms with van der Waals surface area (Å²) >= 11 is 0. The number of fused-ring (bicyclic) bond motifs is 2. The largest absolute Gasteiger partial charge is 0.350 e. The first-order valence-electron chi connectivity index (χ1n) is 7.60. The minimum atomic E-state index is 0.318. The molecule has 4 rings (SSSR count). The van der Waals surface area contributed by atoms with Crippen molar-refractivity contribution in [2.75, 3.05) is 11.4 Å². The first-order valence-corrected chi connectivity index (χ1v) is 7.60. The first-order chi connectivity index (χ1) is 11.1. The lowest BCUT2D eigenvalue weighted by molar-refractivity contribution is 0.620. The van der Waals surface area contributed by atoms with Gasteiger partial charge in [0.05, 0.1) is 17.5 Å². The summed E-state index contributed by atoms with van der Waals surface area (Å²) in [7, 11) is 1.88. The van der Waals surface area contributed by atoms with Crippen molar-refractivity contribution in [3.63, 3.8) is 0 Å². The summed E-state index contributed by atoms with van der Waals surface area (Å²) in [6, 6.07) is 4.19. The molecule has 3 aromatic heterocycles. The molecule has 0 aromatic carbocycles. The quantitative estimate of drug-likeness (QED) is 0.743. The molecule has 0 radical (unpaired) electrons. The molecule has 3 aromatic rings. The lowest BCUT2D eigenvalue weighted by atomic mass is 9.98. The van der Waals surface area contributed by atoms with Crippen molar-refractivity contribution in [2.45, 2.75) is 26.3 Å². The van der Waals surface area contributed by atoms with Crippen LogP contribution in [0.3, 0.4) is 0 Å². The van der Waals surface area contributed by atoms with Crippen molar-refractivity contribution in [2.24, 2.45) is 7.05 Å².